The van der Waals surface area contributed by atoms with Crippen molar-refractivity contribution in [3.8, 4) is 0 Å². The first-order valence-corrected chi connectivity index (χ1v) is 10.9. The molecule has 0 aliphatic rings. The third-order valence-corrected chi connectivity index (χ3v) is 4.80. The molecule has 0 rings (SSSR count). The van der Waals surface area contributed by atoms with Gasteiger partial charge in [0.2, 0.25) is 0 Å². The summed E-state index contributed by atoms with van der Waals surface area (Å²) in [7, 11) is 0. The van der Waals surface area contributed by atoms with E-state index in [0.29, 0.717) is 32.0 Å². The first-order chi connectivity index (χ1) is 12.6. The molecule has 0 aromatic heterocycles. The van der Waals surface area contributed by atoms with Crippen LogP contribution in [-0.4, -0.2) is 25.2 Å². The van der Waals surface area contributed by atoms with Gasteiger partial charge in [-0.2, -0.15) is 0 Å². The molecule has 0 spiro atoms. The SMILES string of the molecule is CCCCOC(=O)CCCCCCCCC(=O)OCC(CC)CCCC. The highest BCUT2D eigenvalue weighted by Gasteiger charge is 2.09. The van der Waals surface area contributed by atoms with Crippen LogP contribution in [0.2, 0.25) is 0 Å². The number of unbranched alkanes of at least 4 members (excludes halogenated alkanes) is 7. The number of rotatable bonds is 18. The van der Waals surface area contributed by atoms with E-state index in [9.17, 15) is 9.59 Å². The van der Waals surface area contributed by atoms with Gasteiger partial charge < -0.3 is 9.47 Å². The Morgan fingerprint density at radius 3 is 1.77 bits per heavy atom. The molecule has 0 bridgehead atoms. The Morgan fingerprint density at radius 2 is 1.23 bits per heavy atom. The van der Waals surface area contributed by atoms with E-state index < -0.39 is 0 Å². The molecular formula is C22H42O4. The monoisotopic (exact) mass is 370 g/mol. The van der Waals surface area contributed by atoms with Crippen molar-refractivity contribution in [2.75, 3.05) is 13.2 Å². The second-order valence-corrected chi connectivity index (χ2v) is 7.29. The van der Waals surface area contributed by atoms with E-state index in [1.54, 1.807) is 0 Å². The summed E-state index contributed by atoms with van der Waals surface area (Å²) in [5, 5.41) is 0. The summed E-state index contributed by atoms with van der Waals surface area (Å²) in [6, 6.07) is 0. The van der Waals surface area contributed by atoms with Crippen molar-refractivity contribution in [1.29, 1.82) is 0 Å². The highest BCUT2D eigenvalue weighted by atomic mass is 16.5. The maximum atomic E-state index is 11.8. The smallest absolute Gasteiger partial charge is 0.305 e. The van der Waals surface area contributed by atoms with Gasteiger partial charge in [0.05, 0.1) is 13.2 Å². The third-order valence-electron chi connectivity index (χ3n) is 4.80. The van der Waals surface area contributed by atoms with Crippen LogP contribution in [0.15, 0.2) is 0 Å². The number of carbonyl (C=O) groups is 2. The van der Waals surface area contributed by atoms with Gasteiger partial charge in [-0.15, -0.1) is 0 Å². The van der Waals surface area contributed by atoms with Crippen molar-refractivity contribution < 1.29 is 19.1 Å². The third kappa shape index (κ3) is 16.4. The molecule has 4 heteroatoms. The summed E-state index contributed by atoms with van der Waals surface area (Å²) in [4.78, 5) is 23.2. The van der Waals surface area contributed by atoms with Crippen molar-refractivity contribution in [3.63, 3.8) is 0 Å². The van der Waals surface area contributed by atoms with Gasteiger partial charge in [0, 0.05) is 12.8 Å². The lowest BCUT2D eigenvalue weighted by atomic mass is 10.0. The number of hydrogen-bond acceptors (Lipinski definition) is 4. The topological polar surface area (TPSA) is 52.6 Å². The molecule has 1 unspecified atom stereocenters. The molecule has 0 saturated heterocycles. The standard InChI is InChI=1S/C22H42O4/c1-4-7-15-20(6-3)19-26-22(24)17-14-12-10-9-11-13-16-21(23)25-18-8-5-2/h20H,4-19H2,1-3H3. The van der Waals surface area contributed by atoms with E-state index in [0.717, 1.165) is 64.2 Å². The molecule has 0 amide bonds. The van der Waals surface area contributed by atoms with Crippen LogP contribution in [0.3, 0.4) is 0 Å². The van der Waals surface area contributed by atoms with E-state index in [-0.39, 0.29) is 11.9 Å². The summed E-state index contributed by atoms with van der Waals surface area (Å²) in [6.45, 7) is 7.59. The Hall–Kier alpha value is -1.06. The number of hydrogen-bond donors (Lipinski definition) is 0. The summed E-state index contributed by atoms with van der Waals surface area (Å²) >= 11 is 0. The lowest BCUT2D eigenvalue weighted by Crippen LogP contribution is -2.13. The van der Waals surface area contributed by atoms with E-state index in [1.807, 2.05) is 0 Å². The van der Waals surface area contributed by atoms with Gasteiger partial charge in [-0.1, -0.05) is 72.1 Å². The molecule has 0 aromatic rings. The maximum Gasteiger partial charge on any atom is 0.305 e. The molecule has 0 fully saturated rings. The highest BCUT2D eigenvalue weighted by molar-refractivity contribution is 5.69. The van der Waals surface area contributed by atoms with Crippen LogP contribution < -0.4 is 0 Å². The van der Waals surface area contributed by atoms with Crippen LogP contribution in [-0.2, 0) is 19.1 Å². The Bertz CT molecular complexity index is 341. The molecular weight excluding hydrogens is 328 g/mol. The summed E-state index contributed by atoms with van der Waals surface area (Å²) in [5.41, 5.74) is 0. The van der Waals surface area contributed by atoms with Crippen molar-refractivity contribution in [1.82, 2.24) is 0 Å². The lowest BCUT2D eigenvalue weighted by molar-refractivity contribution is -0.145. The van der Waals surface area contributed by atoms with E-state index in [4.69, 9.17) is 9.47 Å². The molecule has 4 nitrogen and oxygen atoms in total. The van der Waals surface area contributed by atoms with Crippen LogP contribution >= 0.6 is 0 Å². The van der Waals surface area contributed by atoms with Gasteiger partial charge >= 0.3 is 11.9 Å². The second-order valence-electron chi connectivity index (χ2n) is 7.29. The van der Waals surface area contributed by atoms with Crippen LogP contribution in [0.5, 0.6) is 0 Å². The molecule has 0 aliphatic carbocycles. The van der Waals surface area contributed by atoms with Crippen LogP contribution in [0, 0.1) is 5.92 Å². The van der Waals surface area contributed by atoms with Crippen LogP contribution in [0.25, 0.3) is 0 Å². The fraction of sp³-hybridized carbons (Fsp3) is 0.909. The lowest BCUT2D eigenvalue weighted by Gasteiger charge is -2.14. The van der Waals surface area contributed by atoms with Crippen LogP contribution in [0.1, 0.15) is 111 Å². The fourth-order valence-electron chi connectivity index (χ4n) is 2.83. The van der Waals surface area contributed by atoms with Gasteiger partial charge in [-0.3, -0.25) is 9.59 Å². The molecule has 0 aliphatic heterocycles. The quantitative estimate of drug-likeness (QED) is 0.212. The Kier molecular flexibility index (Phi) is 18.0. The molecule has 0 radical (unpaired) electrons. The molecule has 26 heavy (non-hydrogen) atoms. The minimum absolute atomic E-state index is 0.0465. The zero-order chi connectivity index (χ0) is 19.5. The molecule has 0 saturated carbocycles. The summed E-state index contributed by atoms with van der Waals surface area (Å²) < 4.78 is 10.5. The van der Waals surface area contributed by atoms with Gasteiger partial charge in [0.15, 0.2) is 0 Å². The number of carbonyl (C=O) groups excluding carboxylic acids is 2. The number of esters is 2. The fourth-order valence-corrected chi connectivity index (χ4v) is 2.83. The molecule has 154 valence electrons. The Labute approximate surface area is 161 Å². The van der Waals surface area contributed by atoms with Gasteiger partial charge in [-0.25, -0.2) is 0 Å². The molecule has 0 N–H and O–H groups in total. The van der Waals surface area contributed by atoms with Crippen molar-refractivity contribution in [2.45, 2.75) is 111 Å². The van der Waals surface area contributed by atoms with Crippen molar-refractivity contribution >= 4 is 11.9 Å². The minimum Gasteiger partial charge on any atom is -0.466 e. The van der Waals surface area contributed by atoms with E-state index >= 15 is 0 Å². The maximum absolute atomic E-state index is 11.8. The minimum atomic E-state index is -0.0643. The predicted molar refractivity (Wildman–Crippen MR) is 107 cm³/mol. The van der Waals surface area contributed by atoms with Crippen LogP contribution in [0.4, 0.5) is 0 Å². The summed E-state index contributed by atoms with van der Waals surface area (Å²) in [5.74, 6) is 0.410. The highest BCUT2D eigenvalue weighted by Crippen LogP contribution is 2.14. The number of ether oxygens (including phenoxy) is 2. The first kappa shape index (κ1) is 24.9. The average Bonchev–Trinajstić information content (AvgIpc) is 2.64. The van der Waals surface area contributed by atoms with Crippen molar-refractivity contribution in [3.05, 3.63) is 0 Å². The Balaban J connectivity index is 3.43. The van der Waals surface area contributed by atoms with E-state index in [2.05, 4.69) is 20.8 Å². The zero-order valence-electron chi connectivity index (χ0n) is 17.5. The molecule has 0 heterocycles. The van der Waals surface area contributed by atoms with Gasteiger partial charge in [0.25, 0.3) is 0 Å². The van der Waals surface area contributed by atoms with Gasteiger partial charge in [-0.05, 0) is 31.6 Å². The largest absolute Gasteiger partial charge is 0.466 e. The first-order valence-electron chi connectivity index (χ1n) is 10.9. The Morgan fingerprint density at radius 1 is 0.692 bits per heavy atom. The predicted octanol–water partition coefficient (Wildman–Crippen LogP) is 6.21. The normalized spacial score (nSPS) is 12.0. The molecule has 1 atom stereocenters. The van der Waals surface area contributed by atoms with Gasteiger partial charge in [0.1, 0.15) is 0 Å². The zero-order valence-corrected chi connectivity index (χ0v) is 17.5. The van der Waals surface area contributed by atoms with E-state index in [1.165, 1.54) is 12.8 Å². The second kappa shape index (κ2) is 18.7. The van der Waals surface area contributed by atoms with Crippen molar-refractivity contribution in [2.24, 2.45) is 5.92 Å². The average molecular weight is 371 g/mol. The molecule has 0 aromatic carbocycles. The summed E-state index contributed by atoms with van der Waals surface area (Å²) in [6.07, 6.45) is 13.9.